The first-order valence-electron chi connectivity index (χ1n) is 8.18. The van der Waals surface area contributed by atoms with Crippen LogP contribution in [-0.4, -0.2) is 26.2 Å². The summed E-state index contributed by atoms with van der Waals surface area (Å²) in [5.74, 6) is -0.433. The fraction of sp³-hybridized carbons (Fsp3) is 0.316. The SMILES string of the molecule is CCNC(=NCc1cc(F)ccc1F)NCC(OC)c1ccccc1. The molecular weight excluding hydrogens is 324 g/mol. The lowest BCUT2D eigenvalue weighted by Gasteiger charge is -2.18. The molecule has 6 heteroatoms. The molecule has 2 aromatic carbocycles. The molecule has 0 aliphatic carbocycles. The first-order valence-corrected chi connectivity index (χ1v) is 8.18. The van der Waals surface area contributed by atoms with Crippen molar-refractivity contribution in [2.75, 3.05) is 20.2 Å². The zero-order valence-corrected chi connectivity index (χ0v) is 14.4. The Hall–Kier alpha value is -2.47. The van der Waals surface area contributed by atoms with Crippen molar-refractivity contribution in [3.8, 4) is 0 Å². The van der Waals surface area contributed by atoms with E-state index in [4.69, 9.17) is 4.74 Å². The highest BCUT2D eigenvalue weighted by Crippen LogP contribution is 2.15. The molecule has 0 saturated carbocycles. The van der Waals surface area contributed by atoms with Gasteiger partial charge in [-0.3, -0.25) is 0 Å². The fourth-order valence-electron chi connectivity index (χ4n) is 2.36. The topological polar surface area (TPSA) is 45.7 Å². The van der Waals surface area contributed by atoms with Gasteiger partial charge in [-0.05, 0) is 30.7 Å². The first kappa shape index (κ1) is 18.9. The van der Waals surface area contributed by atoms with Gasteiger partial charge >= 0.3 is 0 Å². The van der Waals surface area contributed by atoms with E-state index in [1.807, 2.05) is 37.3 Å². The molecule has 0 saturated heterocycles. The van der Waals surface area contributed by atoms with Crippen molar-refractivity contribution in [2.45, 2.75) is 19.6 Å². The molecule has 2 rings (SSSR count). The van der Waals surface area contributed by atoms with Crippen LogP contribution in [0.15, 0.2) is 53.5 Å². The van der Waals surface area contributed by atoms with E-state index in [0.29, 0.717) is 19.0 Å². The largest absolute Gasteiger partial charge is 0.375 e. The number of benzene rings is 2. The summed E-state index contributed by atoms with van der Waals surface area (Å²) in [4.78, 5) is 4.32. The molecule has 1 unspecified atom stereocenters. The molecule has 2 aromatic rings. The lowest BCUT2D eigenvalue weighted by atomic mass is 10.1. The Balaban J connectivity index is 2.03. The number of nitrogens with zero attached hydrogens (tertiary/aromatic N) is 1. The number of halogens is 2. The number of nitrogens with one attached hydrogen (secondary N) is 2. The third-order valence-electron chi connectivity index (χ3n) is 3.67. The highest BCUT2D eigenvalue weighted by molar-refractivity contribution is 5.79. The molecule has 134 valence electrons. The van der Waals surface area contributed by atoms with Crippen LogP contribution in [-0.2, 0) is 11.3 Å². The zero-order chi connectivity index (χ0) is 18.1. The van der Waals surface area contributed by atoms with Crippen LogP contribution in [0.3, 0.4) is 0 Å². The van der Waals surface area contributed by atoms with Gasteiger partial charge in [-0.25, -0.2) is 13.8 Å². The minimum Gasteiger partial charge on any atom is -0.375 e. The highest BCUT2D eigenvalue weighted by atomic mass is 19.1. The number of hydrogen-bond donors (Lipinski definition) is 2. The predicted molar refractivity (Wildman–Crippen MR) is 95.4 cm³/mol. The van der Waals surface area contributed by atoms with E-state index in [1.54, 1.807) is 7.11 Å². The van der Waals surface area contributed by atoms with Gasteiger partial charge in [0.05, 0.1) is 12.6 Å². The summed E-state index contributed by atoms with van der Waals surface area (Å²) in [6.45, 7) is 3.13. The maximum Gasteiger partial charge on any atom is 0.191 e. The van der Waals surface area contributed by atoms with Gasteiger partial charge in [0.1, 0.15) is 11.6 Å². The van der Waals surface area contributed by atoms with E-state index in [1.165, 1.54) is 0 Å². The normalized spacial score (nSPS) is 12.7. The van der Waals surface area contributed by atoms with Crippen LogP contribution in [0.5, 0.6) is 0 Å². The maximum atomic E-state index is 13.7. The second-order valence-corrected chi connectivity index (χ2v) is 5.45. The summed E-state index contributed by atoms with van der Waals surface area (Å²) in [5.41, 5.74) is 1.26. The summed E-state index contributed by atoms with van der Waals surface area (Å²) < 4.78 is 32.5. The number of methoxy groups -OCH3 is 1. The molecule has 0 aliphatic rings. The Morgan fingerprint density at radius 1 is 1.12 bits per heavy atom. The molecule has 0 aliphatic heterocycles. The molecule has 0 heterocycles. The van der Waals surface area contributed by atoms with E-state index in [2.05, 4.69) is 15.6 Å². The van der Waals surface area contributed by atoms with Gasteiger partial charge in [-0.2, -0.15) is 0 Å². The summed E-state index contributed by atoms with van der Waals surface area (Å²) in [7, 11) is 1.64. The molecule has 25 heavy (non-hydrogen) atoms. The molecule has 0 radical (unpaired) electrons. The number of guanidine groups is 1. The van der Waals surface area contributed by atoms with E-state index in [-0.39, 0.29) is 18.2 Å². The van der Waals surface area contributed by atoms with Crippen molar-refractivity contribution in [2.24, 2.45) is 4.99 Å². The first-order chi connectivity index (χ1) is 12.1. The van der Waals surface area contributed by atoms with E-state index in [0.717, 1.165) is 23.8 Å². The van der Waals surface area contributed by atoms with E-state index in [9.17, 15) is 8.78 Å². The number of rotatable bonds is 7. The van der Waals surface area contributed by atoms with Crippen LogP contribution in [0.4, 0.5) is 8.78 Å². The molecule has 0 fully saturated rings. The van der Waals surface area contributed by atoms with Crippen molar-refractivity contribution in [3.63, 3.8) is 0 Å². The van der Waals surface area contributed by atoms with Crippen molar-refractivity contribution in [1.29, 1.82) is 0 Å². The van der Waals surface area contributed by atoms with Crippen molar-refractivity contribution in [1.82, 2.24) is 10.6 Å². The Bertz CT molecular complexity index is 692. The summed E-state index contributed by atoms with van der Waals surface area (Å²) in [6, 6.07) is 13.2. The van der Waals surface area contributed by atoms with Crippen molar-refractivity contribution in [3.05, 3.63) is 71.3 Å². The van der Waals surface area contributed by atoms with E-state index < -0.39 is 11.6 Å². The van der Waals surface area contributed by atoms with Crippen molar-refractivity contribution < 1.29 is 13.5 Å². The predicted octanol–water partition coefficient (Wildman–Crippen LogP) is 3.41. The van der Waals surface area contributed by atoms with Gasteiger partial charge in [0.15, 0.2) is 5.96 Å². The van der Waals surface area contributed by atoms with Gasteiger partial charge < -0.3 is 15.4 Å². The smallest absolute Gasteiger partial charge is 0.191 e. The third-order valence-corrected chi connectivity index (χ3v) is 3.67. The molecule has 1 atom stereocenters. The molecule has 0 amide bonds. The molecular formula is C19H23F2N3O. The number of ether oxygens (including phenoxy) is 1. The fourth-order valence-corrected chi connectivity index (χ4v) is 2.36. The zero-order valence-electron chi connectivity index (χ0n) is 14.4. The van der Waals surface area contributed by atoms with Gasteiger partial charge in [0, 0.05) is 25.8 Å². The molecule has 0 bridgehead atoms. The van der Waals surface area contributed by atoms with E-state index >= 15 is 0 Å². The second-order valence-electron chi connectivity index (χ2n) is 5.45. The minimum atomic E-state index is -0.479. The molecule has 2 N–H and O–H groups in total. The average Bonchev–Trinajstić information content (AvgIpc) is 2.63. The lowest BCUT2D eigenvalue weighted by molar-refractivity contribution is 0.106. The monoisotopic (exact) mass is 347 g/mol. The van der Waals surface area contributed by atoms with Crippen LogP contribution in [0, 0.1) is 11.6 Å². The van der Waals surface area contributed by atoms with Crippen LogP contribution in [0.1, 0.15) is 24.2 Å². The Labute approximate surface area is 146 Å². The van der Waals surface area contributed by atoms with Gasteiger partial charge in [-0.1, -0.05) is 30.3 Å². The van der Waals surface area contributed by atoms with Gasteiger partial charge in [0.2, 0.25) is 0 Å². The summed E-state index contributed by atoms with van der Waals surface area (Å²) in [6.07, 6.45) is -0.143. The van der Waals surface area contributed by atoms with Gasteiger partial charge in [0.25, 0.3) is 0 Å². The second kappa shape index (κ2) is 9.74. The Morgan fingerprint density at radius 2 is 1.88 bits per heavy atom. The standard InChI is InChI=1S/C19H23F2N3O/c1-3-22-19(23-12-15-11-16(20)9-10-17(15)21)24-13-18(25-2)14-7-5-4-6-8-14/h4-11,18H,3,12-13H2,1-2H3,(H2,22,23,24). The molecule has 0 aromatic heterocycles. The highest BCUT2D eigenvalue weighted by Gasteiger charge is 2.11. The molecule has 4 nitrogen and oxygen atoms in total. The quantitative estimate of drug-likeness (QED) is 0.596. The molecule has 0 spiro atoms. The van der Waals surface area contributed by atoms with Crippen LogP contribution >= 0.6 is 0 Å². The maximum absolute atomic E-state index is 13.7. The van der Waals surface area contributed by atoms with Crippen molar-refractivity contribution >= 4 is 5.96 Å². The summed E-state index contributed by atoms with van der Waals surface area (Å²) in [5, 5.41) is 6.26. The van der Waals surface area contributed by atoms with Crippen LogP contribution in [0.25, 0.3) is 0 Å². The number of hydrogen-bond acceptors (Lipinski definition) is 2. The minimum absolute atomic E-state index is 0.0436. The number of aliphatic imine (C=N–C) groups is 1. The Kier molecular flexibility index (Phi) is 7.35. The third kappa shape index (κ3) is 5.83. The van der Waals surface area contributed by atoms with Crippen LogP contribution in [0.2, 0.25) is 0 Å². The van der Waals surface area contributed by atoms with Gasteiger partial charge in [-0.15, -0.1) is 0 Å². The lowest BCUT2D eigenvalue weighted by Crippen LogP contribution is -2.39. The average molecular weight is 347 g/mol. The van der Waals surface area contributed by atoms with Crippen LogP contribution < -0.4 is 10.6 Å². The Morgan fingerprint density at radius 3 is 2.56 bits per heavy atom. The summed E-state index contributed by atoms with van der Waals surface area (Å²) >= 11 is 0.